The highest BCUT2D eigenvalue weighted by Crippen LogP contribution is 2.14. The number of carboxylic acids is 1. The number of unbranched alkanes of at least 4 members (excludes halogenated alkanes) is 1. The second-order valence-electron chi connectivity index (χ2n) is 6.56. The summed E-state index contributed by atoms with van der Waals surface area (Å²) in [5.74, 6) is 0.0834. The fraction of sp³-hybridized carbons (Fsp3) is 0.944. The lowest BCUT2D eigenvalue weighted by Gasteiger charge is -2.22. The molecule has 0 amide bonds. The Bertz CT molecular complexity index is 313. The molecule has 0 unspecified atom stereocenters. The first-order valence-electron chi connectivity index (χ1n) is 9.78. The van der Waals surface area contributed by atoms with E-state index in [1.807, 2.05) is 0 Å². The lowest BCUT2D eigenvalue weighted by molar-refractivity contribution is -0.138. The minimum atomic E-state index is -0.831. The molecule has 1 heterocycles. The Labute approximate surface area is 152 Å². The summed E-state index contributed by atoms with van der Waals surface area (Å²) >= 11 is 0. The summed E-state index contributed by atoms with van der Waals surface area (Å²) in [6, 6.07) is 0. The predicted molar refractivity (Wildman–Crippen MR) is 99.1 cm³/mol. The van der Waals surface area contributed by atoms with Gasteiger partial charge in [0.05, 0.1) is 32.8 Å². The molecule has 7 heteroatoms. The van der Waals surface area contributed by atoms with Crippen LogP contribution in [-0.2, 0) is 14.3 Å². The maximum absolute atomic E-state index is 10.3. The van der Waals surface area contributed by atoms with E-state index in [-0.39, 0.29) is 13.0 Å². The molecule has 0 aromatic rings. The third-order valence-electron chi connectivity index (χ3n) is 4.40. The van der Waals surface area contributed by atoms with E-state index in [2.05, 4.69) is 16.0 Å². The Hall–Kier alpha value is -0.730. The van der Waals surface area contributed by atoms with Gasteiger partial charge in [0, 0.05) is 6.54 Å². The van der Waals surface area contributed by atoms with Gasteiger partial charge in [0.25, 0.3) is 0 Å². The molecule has 1 aliphatic rings. The number of carboxylic acid groups (broad SMARTS) is 1. The minimum Gasteiger partial charge on any atom is -0.481 e. The first-order chi connectivity index (χ1) is 12.3. The van der Waals surface area contributed by atoms with Crippen molar-refractivity contribution in [3.63, 3.8) is 0 Å². The molecular weight excluding hydrogens is 322 g/mol. The maximum Gasteiger partial charge on any atom is 0.305 e. The van der Waals surface area contributed by atoms with Gasteiger partial charge in [-0.2, -0.15) is 0 Å². The quantitative estimate of drug-likeness (QED) is 0.286. The van der Waals surface area contributed by atoms with Crippen molar-refractivity contribution in [3.05, 3.63) is 0 Å². The van der Waals surface area contributed by atoms with Crippen molar-refractivity contribution in [1.29, 1.82) is 0 Å². The molecular formula is C18H37N3O4. The highest BCUT2D eigenvalue weighted by atomic mass is 16.5. The van der Waals surface area contributed by atoms with Crippen molar-refractivity contribution in [3.8, 4) is 0 Å². The van der Waals surface area contributed by atoms with Gasteiger partial charge in [0.1, 0.15) is 0 Å². The summed E-state index contributed by atoms with van der Waals surface area (Å²) in [6.07, 6.45) is 6.42. The van der Waals surface area contributed by atoms with Gasteiger partial charge in [-0.3, -0.25) is 4.79 Å². The second-order valence-corrected chi connectivity index (χ2v) is 6.56. The molecule has 0 bridgehead atoms. The van der Waals surface area contributed by atoms with Gasteiger partial charge in [0.15, 0.2) is 0 Å². The van der Waals surface area contributed by atoms with Crippen LogP contribution < -0.4 is 16.0 Å². The molecule has 25 heavy (non-hydrogen) atoms. The third kappa shape index (κ3) is 15.3. The van der Waals surface area contributed by atoms with Crippen LogP contribution in [0.15, 0.2) is 0 Å². The Morgan fingerprint density at radius 2 is 1.56 bits per heavy atom. The van der Waals surface area contributed by atoms with E-state index in [9.17, 15) is 4.79 Å². The van der Waals surface area contributed by atoms with Crippen molar-refractivity contribution in [2.45, 2.75) is 38.5 Å². The maximum atomic E-state index is 10.3. The fourth-order valence-corrected chi connectivity index (χ4v) is 2.85. The molecule has 0 aliphatic carbocycles. The van der Waals surface area contributed by atoms with Crippen LogP contribution in [0.2, 0.25) is 0 Å². The Kier molecular flexibility index (Phi) is 14.9. The van der Waals surface area contributed by atoms with E-state index in [1.165, 1.54) is 45.2 Å². The van der Waals surface area contributed by atoms with Gasteiger partial charge >= 0.3 is 5.97 Å². The fourth-order valence-electron chi connectivity index (χ4n) is 2.85. The van der Waals surface area contributed by atoms with Crippen LogP contribution >= 0.6 is 0 Å². The Morgan fingerprint density at radius 3 is 2.24 bits per heavy atom. The number of aliphatic carboxylic acids is 1. The summed E-state index contributed by atoms with van der Waals surface area (Å²) in [7, 11) is 0. The van der Waals surface area contributed by atoms with E-state index in [0.29, 0.717) is 19.8 Å². The van der Waals surface area contributed by atoms with Crippen LogP contribution in [0.4, 0.5) is 0 Å². The summed E-state index contributed by atoms with van der Waals surface area (Å²) in [5, 5.41) is 18.8. The highest BCUT2D eigenvalue weighted by Gasteiger charge is 2.11. The second kappa shape index (κ2) is 16.7. The largest absolute Gasteiger partial charge is 0.481 e. The Morgan fingerprint density at radius 1 is 0.920 bits per heavy atom. The minimum absolute atomic E-state index is 0.0501. The van der Waals surface area contributed by atoms with E-state index < -0.39 is 5.97 Å². The van der Waals surface area contributed by atoms with E-state index in [1.54, 1.807) is 0 Å². The van der Waals surface area contributed by atoms with Crippen LogP contribution in [0, 0.1) is 5.92 Å². The van der Waals surface area contributed by atoms with E-state index in [0.717, 1.165) is 32.1 Å². The first-order valence-corrected chi connectivity index (χ1v) is 9.78. The lowest BCUT2D eigenvalue weighted by Crippen LogP contribution is -2.30. The summed E-state index contributed by atoms with van der Waals surface area (Å²) in [5.41, 5.74) is 0. The van der Waals surface area contributed by atoms with E-state index in [4.69, 9.17) is 14.6 Å². The van der Waals surface area contributed by atoms with Crippen LogP contribution in [0.3, 0.4) is 0 Å². The molecule has 1 saturated heterocycles. The van der Waals surface area contributed by atoms with Crippen molar-refractivity contribution in [1.82, 2.24) is 16.0 Å². The summed E-state index contributed by atoms with van der Waals surface area (Å²) in [4.78, 5) is 10.3. The molecule has 0 radical (unpaired) electrons. The van der Waals surface area contributed by atoms with Gasteiger partial charge in [-0.15, -0.1) is 0 Å². The normalized spacial score (nSPS) is 15.5. The number of nitrogens with one attached hydrogen (secondary N) is 3. The topological polar surface area (TPSA) is 91.9 Å². The molecule has 0 aromatic carbocycles. The molecule has 1 rings (SSSR count). The van der Waals surface area contributed by atoms with Crippen molar-refractivity contribution in [2.75, 3.05) is 65.7 Å². The van der Waals surface area contributed by atoms with Crippen molar-refractivity contribution in [2.24, 2.45) is 5.92 Å². The zero-order chi connectivity index (χ0) is 18.0. The van der Waals surface area contributed by atoms with Crippen molar-refractivity contribution < 1.29 is 19.4 Å². The zero-order valence-corrected chi connectivity index (χ0v) is 15.6. The molecule has 0 atom stereocenters. The van der Waals surface area contributed by atoms with Gasteiger partial charge < -0.3 is 30.5 Å². The van der Waals surface area contributed by atoms with Crippen LogP contribution in [-0.4, -0.2) is 76.8 Å². The molecule has 0 aromatic heterocycles. The average molecular weight is 360 g/mol. The van der Waals surface area contributed by atoms with Crippen LogP contribution in [0.1, 0.15) is 38.5 Å². The molecule has 148 valence electrons. The van der Waals surface area contributed by atoms with Crippen molar-refractivity contribution >= 4 is 5.97 Å². The van der Waals surface area contributed by atoms with Gasteiger partial charge in [0.2, 0.25) is 0 Å². The van der Waals surface area contributed by atoms with Gasteiger partial charge in [-0.25, -0.2) is 0 Å². The molecule has 1 aliphatic heterocycles. The molecule has 1 fully saturated rings. The molecule has 4 N–H and O–H groups in total. The smallest absolute Gasteiger partial charge is 0.305 e. The Balaban J connectivity index is 1.67. The van der Waals surface area contributed by atoms with Gasteiger partial charge in [-0.1, -0.05) is 0 Å². The number of carbonyl (C=O) groups is 1. The number of rotatable bonds is 17. The zero-order valence-electron chi connectivity index (χ0n) is 15.6. The number of ether oxygens (including phenoxy) is 2. The average Bonchev–Trinajstić information content (AvgIpc) is 2.62. The summed E-state index contributed by atoms with van der Waals surface area (Å²) in [6.45, 7) is 8.40. The number of hydrogen-bond acceptors (Lipinski definition) is 6. The highest BCUT2D eigenvalue weighted by molar-refractivity contribution is 5.66. The monoisotopic (exact) mass is 359 g/mol. The van der Waals surface area contributed by atoms with E-state index >= 15 is 0 Å². The standard InChI is InChI=1S/C18H37N3O4/c22-18(23)6-13-24-15-16-25-14-12-20-8-2-1-7-19-9-3-17-4-10-21-11-5-17/h17,19-21H,1-16H2,(H,22,23). The predicted octanol–water partition coefficient (Wildman–Crippen LogP) is 0.843. The third-order valence-corrected chi connectivity index (χ3v) is 4.40. The lowest BCUT2D eigenvalue weighted by atomic mass is 9.95. The van der Waals surface area contributed by atoms with Crippen LogP contribution in [0.5, 0.6) is 0 Å². The first kappa shape index (κ1) is 22.3. The summed E-state index contributed by atoms with van der Waals surface area (Å²) < 4.78 is 10.5. The number of piperidine rings is 1. The SMILES string of the molecule is O=C(O)CCOCCOCCNCCCCNCCC1CCNCC1. The van der Waals surface area contributed by atoms with Gasteiger partial charge in [-0.05, 0) is 70.7 Å². The molecule has 7 nitrogen and oxygen atoms in total. The molecule has 0 saturated carbocycles. The van der Waals surface area contributed by atoms with Crippen LogP contribution in [0.25, 0.3) is 0 Å². The molecule has 0 spiro atoms. The number of hydrogen-bond donors (Lipinski definition) is 4.